The molecule has 0 radical (unpaired) electrons. The van der Waals surface area contributed by atoms with Crippen LogP contribution >= 0.6 is 0 Å². The van der Waals surface area contributed by atoms with E-state index in [1.807, 2.05) is 6.92 Å². The van der Waals surface area contributed by atoms with Gasteiger partial charge in [0.05, 0.1) is 0 Å². The normalized spacial score (nSPS) is 13.8. The average molecular weight is 208 g/mol. The molecule has 14 heavy (non-hydrogen) atoms. The molecule has 1 unspecified atom stereocenters. The molecule has 0 heterocycles. The van der Waals surface area contributed by atoms with Gasteiger partial charge < -0.3 is 4.74 Å². The lowest BCUT2D eigenvalue weighted by atomic mass is 10.1. The van der Waals surface area contributed by atoms with Gasteiger partial charge in [0.1, 0.15) is 6.10 Å². The average Bonchev–Trinajstić information content (AvgIpc) is 1.96. The molecule has 0 aromatic heterocycles. The third kappa shape index (κ3) is 7.95. The summed E-state index contributed by atoms with van der Waals surface area (Å²) in [4.78, 5) is 10.6. The van der Waals surface area contributed by atoms with Crippen LogP contribution < -0.4 is 0 Å². The second-order valence-electron chi connectivity index (χ2n) is 3.65. The number of halogens is 2. The fourth-order valence-corrected chi connectivity index (χ4v) is 1.27. The number of rotatable bonds is 6. The first-order valence-corrected chi connectivity index (χ1v) is 4.90. The molecule has 0 fully saturated rings. The molecule has 2 nitrogen and oxygen atoms in total. The number of hydrogen-bond acceptors (Lipinski definition) is 2. The van der Waals surface area contributed by atoms with Crippen LogP contribution in [0.25, 0.3) is 0 Å². The molecular formula is C10H18F2O2. The summed E-state index contributed by atoms with van der Waals surface area (Å²) in [6, 6.07) is 0. The molecule has 0 aliphatic heterocycles. The summed E-state index contributed by atoms with van der Waals surface area (Å²) in [6.45, 7) is 4.05. The van der Waals surface area contributed by atoms with Gasteiger partial charge in [-0.05, 0) is 13.3 Å². The minimum absolute atomic E-state index is 0.382. The van der Waals surface area contributed by atoms with E-state index in [1.165, 1.54) is 6.92 Å². The summed E-state index contributed by atoms with van der Waals surface area (Å²) in [5, 5.41) is 0. The Hall–Kier alpha value is -0.670. The van der Waals surface area contributed by atoms with Crippen molar-refractivity contribution >= 4 is 5.97 Å². The lowest BCUT2D eigenvalue weighted by Gasteiger charge is -2.20. The number of carbonyl (C=O) groups is 1. The molecule has 84 valence electrons. The van der Waals surface area contributed by atoms with Gasteiger partial charge in [-0.15, -0.1) is 0 Å². The summed E-state index contributed by atoms with van der Waals surface area (Å²) in [5.41, 5.74) is 0. The zero-order chi connectivity index (χ0) is 11.2. The largest absolute Gasteiger partial charge is 0.462 e. The molecule has 0 aromatic carbocycles. The maximum Gasteiger partial charge on any atom is 0.302 e. The van der Waals surface area contributed by atoms with E-state index < -0.39 is 18.0 Å². The minimum atomic E-state index is -2.77. The van der Waals surface area contributed by atoms with Crippen LogP contribution in [0.5, 0.6) is 0 Å². The van der Waals surface area contributed by atoms with Crippen molar-refractivity contribution in [3.05, 3.63) is 0 Å². The maximum absolute atomic E-state index is 12.7. The summed E-state index contributed by atoms with van der Waals surface area (Å²) >= 11 is 0. The highest BCUT2D eigenvalue weighted by atomic mass is 19.3. The number of hydrogen-bond donors (Lipinski definition) is 0. The molecule has 1 atom stereocenters. The molecule has 0 N–H and O–H groups in total. The molecule has 0 aliphatic rings. The van der Waals surface area contributed by atoms with E-state index in [4.69, 9.17) is 4.74 Å². The Kier molecular flexibility index (Phi) is 5.65. The second-order valence-corrected chi connectivity index (χ2v) is 3.65. The molecule has 0 saturated heterocycles. The molecule has 0 aliphatic carbocycles. The number of alkyl halides is 2. The Labute approximate surface area is 83.6 Å². The van der Waals surface area contributed by atoms with Crippen molar-refractivity contribution < 1.29 is 18.3 Å². The lowest BCUT2D eigenvalue weighted by Crippen LogP contribution is -2.25. The third-order valence-corrected chi connectivity index (χ3v) is 1.80. The Morgan fingerprint density at radius 1 is 1.50 bits per heavy atom. The molecule has 0 amide bonds. The Bertz CT molecular complexity index is 175. The van der Waals surface area contributed by atoms with Gasteiger partial charge in [0.15, 0.2) is 0 Å². The van der Waals surface area contributed by atoms with E-state index in [2.05, 4.69) is 0 Å². The fraction of sp³-hybridized carbons (Fsp3) is 0.900. The molecule has 0 aromatic rings. The molecule has 0 saturated carbocycles. The first kappa shape index (κ1) is 13.3. The van der Waals surface area contributed by atoms with Gasteiger partial charge in [-0.1, -0.05) is 19.8 Å². The van der Waals surface area contributed by atoms with Crippen LogP contribution in [-0.2, 0) is 9.53 Å². The predicted octanol–water partition coefficient (Wildman–Crippen LogP) is 3.15. The van der Waals surface area contributed by atoms with E-state index in [9.17, 15) is 13.6 Å². The summed E-state index contributed by atoms with van der Waals surface area (Å²) in [7, 11) is 0. The lowest BCUT2D eigenvalue weighted by molar-refractivity contribution is -0.150. The van der Waals surface area contributed by atoms with Gasteiger partial charge in [0.25, 0.3) is 0 Å². The first-order valence-electron chi connectivity index (χ1n) is 4.90. The van der Waals surface area contributed by atoms with Crippen LogP contribution in [0.4, 0.5) is 8.78 Å². The standard InChI is InChI=1S/C10H18F2O2/c1-4-5-6-9(14-8(2)13)7-10(3,11)12/h9H,4-7H2,1-3H3. The van der Waals surface area contributed by atoms with Gasteiger partial charge in [-0.25, -0.2) is 8.78 Å². The van der Waals surface area contributed by atoms with Crippen molar-refractivity contribution in [1.29, 1.82) is 0 Å². The number of ether oxygens (including phenoxy) is 1. The smallest absolute Gasteiger partial charge is 0.302 e. The van der Waals surface area contributed by atoms with E-state index in [1.54, 1.807) is 0 Å². The monoisotopic (exact) mass is 208 g/mol. The highest BCUT2D eigenvalue weighted by Gasteiger charge is 2.28. The maximum atomic E-state index is 12.7. The zero-order valence-electron chi connectivity index (χ0n) is 8.98. The van der Waals surface area contributed by atoms with Crippen LogP contribution in [0.3, 0.4) is 0 Å². The summed E-state index contributed by atoms with van der Waals surface area (Å²) in [5.74, 6) is -3.26. The molecule has 0 rings (SSSR count). The van der Waals surface area contributed by atoms with Gasteiger partial charge >= 0.3 is 5.97 Å². The Morgan fingerprint density at radius 2 is 2.07 bits per heavy atom. The van der Waals surface area contributed by atoms with E-state index >= 15 is 0 Å². The zero-order valence-corrected chi connectivity index (χ0v) is 8.98. The van der Waals surface area contributed by atoms with Crippen LogP contribution in [0.1, 0.15) is 46.5 Å². The second kappa shape index (κ2) is 5.94. The highest BCUT2D eigenvalue weighted by Crippen LogP contribution is 2.23. The van der Waals surface area contributed by atoms with E-state index in [0.717, 1.165) is 19.8 Å². The molecular weight excluding hydrogens is 190 g/mol. The highest BCUT2D eigenvalue weighted by molar-refractivity contribution is 5.66. The van der Waals surface area contributed by atoms with Crippen molar-refractivity contribution in [2.75, 3.05) is 0 Å². The topological polar surface area (TPSA) is 26.3 Å². The number of unbranched alkanes of at least 4 members (excludes halogenated alkanes) is 1. The van der Waals surface area contributed by atoms with Crippen molar-refractivity contribution in [3.8, 4) is 0 Å². The fourth-order valence-electron chi connectivity index (χ4n) is 1.27. The van der Waals surface area contributed by atoms with Crippen molar-refractivity contribution in [3.63, 3.8) is 0 Å². The van der Waals surface area contributed by atoms with Gasteiger partial charge in [-0.2, -0.15) is 0 Å². The van der Waals surface area contributed by atoms with E-state index in [0.29, 0.717) is 6.42 Å². The van der Waals surface area contributed by atoms with Crippen molar-refractivity contribution in [2.24, 2.45) is 0 Å². The van der Waals surface area contributed by atoms with Crippen molar-refractivity contribution in [1.82, 2.24) is 0 Å². The quantitative estimate of drug-likeness (QED) is 0.627. The van der Waals surface area contributed by atoms with Gasteiger partial charge in [-0.3, -0.25) is 4.79 Å². The van der Waals surface area contributed by atoms with Gasteiger partial charge in [0, 0.05) is 13.3 Å². The Morgan fingerprint density at radius 3 is 2.43 bits per heavy atom. The van der Waals surface area contributed by atoms with Crippen LogP contribution in [-0.4, -0.2) is 18.0 Å². The third-order valence-electron chi connectivity index (χ3n) is 1.80. The van der Waals surface area contributed by atoms with E-state index in [-0.39, 0.29) is 6.42 Å². The molecule has 0 bridgehead atoms. The summed E-state index contributed by atoms with van der Waals surface area (Å²) in [6.07, 6.45) is 1.19. The SMILES string of the molecule is CCCCC(CC(C)(F)F)OC(C)=O. The summed E-state index contributed by atoms with van der Waals surface area (Å²) < 4.78 is 30.1. The van der Waals surface area contributed by atoms with Crippen molar-refractivity contribution in [2.45, 2.75) is 58.5 Å². The minimum Gasteiger partial charge on any atom is -0.462 e. The number of esters is 1. The molecule has 4 heteroatoms. The number of carbonyl (C=O) groups excluding carboxylic acids is 1. The molecule has 0 spiro atoms. The van der Waals surface area contributed by atoms with Gasteiger partial charge in [0.2, 0.25) is 5.92 Å². The predicted molar refractivity (Wildman–Crippen MR) is 50.3 cm³/mol. The first-order chi connectivity index (χ1) is 6.35. The Balaban J connectivity index is 4.03. The van der Waals surface area contributed by atoms with Crippen LogP contribution in [0.2, 0.25) is 0 Å². The van der Waals surface area contributed by atoms with Crippen LogP contribution in [0.15, 0.2) is 0 Å². The van der Waals surface area contributed by atoms with Crippen LogP contribution in [0, 0.1) is 0 Å².